The molecule has 1 aromatic carbocycles. The van der Waals surface area contributed by atoms with Crippen molar-refractivity contribution < 1.29 is 40.7 Å². The lowest BCUT2D eigenvalue weighted by Gasteiger charge is -2.33. The molecule has 1 aromatic rings. The number of halogens is 4. The number of rotatable bonds is 13. The number of alkyl halides is 3. The van der Waals surface area contributed by atoms with Gasteiger partial charge in [0.2, 0.25) is 10.8 Å². The van der Waals surface area contributed by atoms with Crippen LogP contribution < -0.4 is 16.0 Å². The Morgan fingerprint density at radius 1 is 1.14 bits per heavy atom. The number of aliphatic hydroxyl groups is 1. The van der Waals surface area contributed by atoms with Gasteiger partial charge in [-0.1, -0.05) is 19.1 Å². The molecule has 2 aliphatic rings. The van der Waals surface area contributed by atoms with Crippen LogP contribution in [-0.2, 0) is 19.4 Å². The van der Waals surface area contributed by atoms with Crippen molar-refractivity contribution in [2.45, 2.75) is 74.3 Å². The molecule has 4 atom stereocenters. The molecule has 0 spiro atoms. The highest BCUT2D eigenvalue weighted by atomic mass is 32.2. The molecule has 0 bridgehead atoms. The molecule has 2 fully saturated rings. The van der Waals surface area contributed by atoms with Crippen molar-refractivity contribution in [1.29, 1.82) is 0 Å². The summed E-state index contributed by atoms with van der Waals surface area (Å²) in [5, 5.41) is 17.7. The molecule has 8 nitrogen and oxygen atoms in total. The molecule has 37 heavy (non-hydrogen) atoms. The van der Waals surface area contributed by atoms with E-state index in [4.69, 9.17) is 0 Å². The first-order valence-corrected chi connectivity index (χ1v) is 14.2. The van der Waals surface area contributed by atoms with Gasteiger partial charge in [-0.3, -0.25) is 14.9 Å². The Hall–Kier alpha value is -1.90. The van der Waals surface area contributed by atoms with Crippen LogP contribution in [0, 0.1) is 11.7 Å². The number of thiol groups is 1. The summed E-state index contributed by atoms with van der Waals surface area (Å²) >= 11 is 4.00. The van der Waals surface area contributed by atoms with Gasteiger partial charge in [0.05, 0.1) is 17.5 Å². The molecule has 0 heterocycles. The largest absolute Gasteiger partial charge is 0.407 e. The molecular formula is C23H31F4N3O5S2. The van der Waals surface area contributed by atoms with E-state index in [1.54, 1.807) is 0 Å². The van der Waals surface area contributed by atoms with Crippen molar-refractivity contribution in [1.82, 2.24) is 16.0 Å². The SMILES string of the molecule is CC[C@H](NC(=O)[C@H](CS(=O)(=O)CC1CC1)N[C@@H](c1ccc(F)cc1)C(F)(F)F)[C@](O)(S)C(=O)NC1CC1. The molecule has 14 heteroatoms. The third-order valence-electron chi connectivity index (χ3n) is 6.28. The molecule has 0 aromatic heterocycles. The van der Waals surface area contributed by atoms with Crippen molar-refractivity contribution in [3.05, 3.63) is 35.6 Å². The molecular weight excluding hydrogens is 538 g/mol. The molecule has 4 N–H and O–H groups in total. The average molecular weight is 570 g/mol. The maximum absolute atomic E-state index is 14.0. The zero-order valence-electron chi connectivity index (χ0n) is 20.1. The third-order valence-corrected chi connectivity index (χ3v) is 8.61. The predicted octanol–water partition coefficient (Wildman–Crippen LogP) is 2.00. The fourth-order valence-electron chi connectivity index (χ4n) is 3.84. The normalized spacial score (nSPS) is 20.4. The summed E-state index contributed by atoms with van der Waals surface area (Å²) in [6.45, 7) is 1.51. The van der Waals surface area contributed by atoms with Crippen LogP contribution in [0.1, 0.15) is 50.6 Å². The number of hydrogen-bond acceptors (Lipinski definition) is 7. The topological polar surface area (TPSA) is 125 Å². The highest BCUT2D eigenvalue weighted by Gasteiger charge is 2.46. The summed E-state index contributed by atoms with van der Waals surface area (Å²) < 4.78 is 80.7. The molecule has 0 saturated heterocycles. The zero-order valence-corrected chi connectivity index (χ0v) is 21.8. The highest BCUT2D eigenvalue weighted by Crippen LogP contribution is 2.34. The van der Waals surface area contributed by atoms with Gasteiger partial charge in [-0.15, -0.1) is 12.6 Å². The van der Waals surface area contributed by atoms with E-state index in [0.717, 1.165) is 24.3 Å². The first-order chi connectivity index (χ1) is 17.1. The maximum atomic E-state index is 14.0. The predicted molar refractivity (Wildman–Crippen MR) is 131 cm³/mol. The van der Waals surface area contributed by atoms with Gasteiger partial charge in [0.15, 0.2) is 9.84 Å². The van der Waals surface area contributed by atoms with E-state index in [0.29, 0.717) is 25.7 Å². The Morgan fingerprint density at radius 2 is 1.73 bits per heavy atom. The van der Waals surface area contributed by atoms with E-state index >= 15 is 0 Å². The van der Waals surface area contributed by atoms with Crippen LogP contribution in [0.3, 0.4) is 0 Å². The van der Waals surface area contributed by atoms with E-state index in [2.05, 4.69) is 28.6 Å². The Kier molecular flexibility index (Phi) is 9.18. The van der Waals surface area contributed by atoms with E-state index < -0.39 is 68.0 Å². The minimum Gasteiger partial charge on any atom is -0.369 e. The van der Waals surface area contributed by atoms with E-state index in [-0.39, 0.29) is 24.1 Å². The molecule has 3 rings (SSSR count). The van der Waals surface area contributed by atoms with Gasteiger partial charge >= 0.3 is 6.18 Å². The monoisotopic (exact) mass is 569 g/mol. The van der Waals surface area contributed by atoms with Crippen molar-refractivity contribution >= 4 is 34.3 Å². The quantitative estimate of drug-likeness (QED) is 0.141. The Labute approximate surface area is 218 Å². The van der Waals surface area contributed by atoms with E-state index in [9.17, 15) is 40.7 Å². The summed E-state index contributed by atoms with van der Waals surface area (Å²) in [4.78, 5) is 23.3. The number of carbonyl (C=O) groups excluding carboxylic acids is 2. The number of hydrogen-bond donors (Lipinski definition) is 5. The molecule has 0 unspecified atom stereocenters. The van der Waals surface area contributed by atoms with Gasteiger partial charge in [0, 0.05) is 6.04 Å². The molecule has 0 radical (unpaired) electrons. The Morgan fingerprint density at radius 3 is 2.22 bits per heavy atom. The Balaban J connectivity index is 1.85. The summed E-state index contributed by atoms with van der Waals surface area (Å²) in [6.07, 6.45) is -2.23. The summed E-state index contributed by atoms with van der Waals surface area (Å²) in [5.74, 6) is -4.14. The first-order valence-electron chi connectivity index (χ1n) is 12.0. The van der Waals surface area contributed by atoms with E-state index in [1.165, 1.54) is 6.92 Å². The first kappa shape index (κ1) is 29.7. The molecule has 0 aliphatic heterocycles. The minimum absolute atomic E-state index is 0.0357. The number of carbonyl (C=O) groups is 2. The van der Waals surface area contributed by atoms with Crippen molar-refractivity contribution in [3.63, 3.8) is 0 Å². The average Bonchev–Trinajstić information content (AvgIpc) is 3.72. The fraction of sp³-hybridized carbons (Fsp3) is 0.652. The van der Waals surface area contributed by atoms with Crippen LogP contribution in [0.4, 0.5) is 17.6 Å². The van der Waals surface area contributed by atoms with Gasteiger partial charge in [-0.25, -0.2) is 12.8 Å². The number of amides is 2. The molecule has 2 aliphatic carbocycles. The van der Waals surface area contributed by atoms with Crippen LogP contribution in [0.25, 0.3) is 0 Å². The maximum Gasteiger partial charge on any atom is 0.407 e. The second kappa shape index (κ2) is 11.5. The van der Waals surface area contributed by atoms with Crippen LogP contribution in [0.15, 0.2) is 24.3 Å². The summed E-state index contributed by atoms with van der Waals surface area (Å²) in [6, 6.07) is -2.45. The molecule has 208 valence electrons. The minimum atomic E-state index is -4.96. The standard InChI is InChI=1S/C23H31F4N3O5S2/c1-2-18(22(33,36)21(32)28-16-9-10-16)30-20(31)17(12-37(34,35)11-13-3-4-13)29-19(23(25,26)27)14-5-7-15(24)8-6-14/h5-8,13,16-19,29,33,36H,2-4,9-12H2,1H3,(H,28,32)(H,30,31)/t17-,18-,19-,22-/m0/s1. The second-order valence-electron chi connectivity index (χ2n) is 9.71. The zero-order chi connectivity index (χ0) is 27.6. The smallest absolute Gasteiger partial charge is 0.369 e. The summed E-state index contributed by atoms with van der Waals surface area (Å²) in [7, 11) is -3.96. The number of sulfone groups is 1. The van der Waals surface area contributed by atoms with Crippen LogP contribution in [0.2, 0.25) is 0 Å². The van der Waals surface area contributed by atoms with Gasteiger partial charge in [0.25, 0.3) is 5.91 Å². The van der Waals surface area contributed by atoms with Crippen molar-refractivity contribution in [2.24, 2.45) is 5.92 Å². The fourth-order valence-corrected chi connectivity index (χ4v) is 6.09. The number of nitrogens with one attached hydrogen (secondary N) is 3. The lowest BCUT2D eigenvalue weighted by atomic mass is 10.0. The van der Waals surface area contributed by atoms with Gasteiger partial charge in [-0.05, 0) is 55.7 Å². The molecule has 2 saturated carbocycles. The van der Waals surface area contributed by atoms with Crippen LogP contribution >= 0.6 is 12.6 Å². The van der Waals surface area contributed by atoms with Crippen LogP contribution in [0.5, 0.6) is 0 Å². The van der Waals surface area contributed by atoms with Gasteiger partial charge in [0.1, 0.15) is 17.9 Å². The molecule has 2 amide bonds. The lowest BCUT2D eigenvalue weighted by Crippen LogP contribution is -2.61. The Bertz CT molecular complexity index is 1070. The van der Waals surface area contributed by atoms with Crippen LogP contribution in [-0.4, -0.2) is 66.1 Å². The van der Waals surface area contributed by atoms with E-state index in [1.807, 2.05) is 0 Å². The van der Waals surface area contributed by atoms with Gasteiger partial charge < -0.3 is 15.7 Å². The highest BCUT2D eigenvalue weighted by molar-refractivity contribution is 7.91. The third kappa shape index (κ3) is 8.55. The van der Waals surface area contributed by atoms with Gasteiger partial charge in [-0.2, -0.15) is 13.2 Å². The second-order valence-corrected chi connectivity index (χ2v) is 12.5. The number of benzene rings is 1. The lowest BCUT2D eigenvalue weighted by molar-refractivity contribution is -0.160. The van der Waals surface area contributed by atoms with Crippen molar-refractivity contribution in [2.75, 3.05) is 11.5 Å². The summed E-state index contributed by atoms with van der Waals surface area (Å²) in [5.41, 5.74) is -0.423. The van der Waals surface area contributed by atoms with Crippen molar-refractivity contribution in [3.8, 4) is 0 Å².